The molecule has 0 saturated carbocycles. The fraction of sp³-hybridized carbons (Fsp3) is 0.333. The maximum Gasteiger partial charge on any atom is 0.191 e. The van der Waals surface area contributed by atoms with E-state index >= 15 is 0 Å². The van der Waals surface area contributed by atoms with Gasteiger partial charge >= 0.3 is 0 Å². The van der Waals surface area contributed by atoms with Crippen molar-refractivity contribution in [2.45, 2.75) is 26.7 Å². The number of rotatable bonds is 7. The number of aliphatic imine (C=N–C) groups is 1. The number of nitrogens with zero attached hydrogens (tertiary/aromatic N) is 2. The van der Waals surface area contributed by atoms with E-state index in [0.29, 0.717) is 6.54 Å². The second-order valence-electron chi connectivity index (χ2n) is 6.50. The van der Waals surface area contributed by atoms with Crippen molar-refractivity contribution in [1.82, 2.24) is 20.6 Å². The van der Waals surface area contributed by atoms with E-state index in [9.17, 15) is 4.39 Å². The van der Waals surface area contributed by atoms with Crippen molar-refractivity contribution < 1.29 is 4.39 Å². The van der Waals surface area contributed by atoms with E-state index in [-0.39, 0.29) is 5.82 Å². The minimum Gasteiger partial charge on any atom is -0.361 e. The van der Waals surface area contributed by atoms with Crippen molar-refractivity contribution in [3.8, 4) is 0 Å². The molecule has 3 rings (SSSR count). The lowest BCUT2D eigenvalue weighted by Gasteiger charge is -2.11. The molecule has 3 N–H and O–H groups in total. The van der Waals surface area contributed by atoms with Crippen LogP contribution in [0, 0.1) is 12.7 Å². The summed E-state index contributed by atoms with van der Waals surface area (Å²) in [5, 5.41) is 7.68. The SMILES string of the molecule is CCNC(=NCCc1c[nH]c2cc(F)ccc12)NCCc1ccc(C)nc1. The van der Waals surface area contributed by atoms with Gasteiger partial charge in [0, 0.05) is 48.6 Å². The fourth-order valence-electron chi connectivity index (χ4n) is 2.97. The van der Waals surface area contributed by atoms with E-state index < -0.39 is 0 Å². The van der Waals surface area contributed by atoms with Crippen LogP contribution in [0.1, 0.15) is 23.7 Å². The first-order chi connectivity index (χ1) is 13.2. The zero-order valence-electron chi connectivity index (χ0n) is 15.8. The topological polar surface area (TPSA) is 65.1 Å². The lowest BCUT2D eigenvalue weighted by molar-refractivity contribution is 0.629. The van der Waals surface area contributed by atoms with Crippen LogP contribution in [-0.4, -0.2) is 35.6 Å². The number of aryl methyl sites for hydroxylation is 1. The van der Waals surface area contributed by atoms with Gasteiger partial charge < -0.3 is 15.6 Å². The number of aromatic amines is 1. The molecule has 0 aliphatic heterocycles. The number of benzene rings is 1. The fourth-order valence-corrected chi connectivity index (χ4v) is 2.97. The number of halogens is 1. The van der Waals surface area contributed by atoms with Gasteiger partial charge in [0.05, 0.1) is 0 Å². The molecule has 142 valence electrons. The summed E-state index contributed by atoms with van der Waals surface area (Å²) in [5.41, 5.74) is 4.21. The van der Waals surface area contributed by atoms with Gasteiger partial charge in [-0.1, -0.05) is 6.07 Å². The molecule has 0 saturated heterocycles. The zero-order valence-corrected chi connectivity index (χ0v) is 15.8. The Balaban J connectivity index is 1.54. The summed E-state index contributed by atoms with van der Waals surface area (Å²) in [7, 11) is 0. The van der Waals surface area contributed by atoms with Gasteiger partial charge in [-0.2, -0.15) is 0 Å². The highest BCUT2D eigenvalue weighted by atomic mass is 19.1. The first-order valence-electron chi connectivity index (χ1n) is 9.35. The van der Waals surface area contributed by atoms with Crippen LogP contribution in [-0.2, 0) is 12.8 Å². The van der Waals surface area contributed by atoms with E-state index in [2.05, 4.69) is 38.6 Å². The van der Waals surface area contributed by atoms with Gasteiger partial charge in [0.15, 0.2) is 5.96 Å². The maximum absolute atomic E-state index is 13.3. The van der Waals surface area contributed by atoms with Gasteiger partial charge in [-0.05, 0) is 62.1 Å². The van der Waals surface area contributed by atoms with Crippen molar-refractivity contribution in [2.24, 2.45) is 4.99 Å². The monoisotopic (exact) mass is 367 g/mol. The molecule has 0 fully saturated rings. The molecule has 0 spiro atoms. The van der Waals surface area contributed by atoms with Gasteiger partial charge in [-0.15, -0.1) is 0 Å². The summed E-state index contributed by atoms with van der Waals surface area (Å²) in [6.07, 6.45) is 5.54. The maximum atomic E-state index is 13.3. The molecule has 27 heavy (non-hydrogen) atoms. The third-order valence-electron chi connectivity index (χ3n) is 4.40. The number of nitrogens with one attached hydrogen (secondary N) is 3. The van der Waals surface area contributed by atoms with Gasteiger partial charge in [0.1, 0.15) is 5.82 Å². The summed E-state index contributed by atoms with van der Waals surface area (Å²) in [5.74, 6) is 0.583. The largest absolute Gasteiger partial charge is 0.361 e. The molecule has 0 aliphatic rings. The van der Waals surface area contributed by atoms with E-state index in [0.717, 1.165) is 54.1 Å². The van der Waals surface area contributed by atoms with Gasteiger partial charge in [-0.3, -0.25) is 9.98 Å². The lowest BCUT2D eigenvalue weighted by atomic mass is 10.1. The standard InChI is InChI=1S/C21H26FN5/c1-3-23-21(24-10-8-16-5-4-15(2)26-13-16)25-11-9-17-14-27-20-12-18(22)6-7-19(17)20/h4-7,12-14,27H,3,8-11H2,1-2H3,(H2,23,24,25). The highest BCUT2D eigenvalue weighted by Gasteiger charge is 2.05. The Kier molecular flexibility index (Phi) is 6.41. The molecular weight excluding hydrogens is 341 g/mol. The molecule has 0 atom stereocenters. The smallest absolute Gasteiger partial charge is 0.191 e. The second-order valence-corrected chi connectivity index (χ2v) is 6.50. The summed E-state index contributed by atoms with van der Waals surface area (Å²) in [6.45, 7) is 6.30. The summed E-state index contributed by atoms with van der Waals surface area (Å²) >= 11 is 0. The predicted molar refractivity (Wildman–Crippen MR) is 109 cm³/mol. The van der Waals surface area contributed by atoms with Crippen LogP contribution in [0.2, 0.25) is 0 Å². The number of fused-ring (bicyclic) bond motifs is 1. The Bertz CT molecular complexity index is 899. The molecule has 2 aromatic heterocycles. The quantitative estimate of drug-likeness (QED) is 0.443. The molecule has 3 aromatic rings. The van der Waals surface area contributed by atoms with Crippen LogP contribution in [0.4, 0.5) is 4.39 Å². The third-order valence-corrected chi connectivity index (χ3v) is 4.40. The summed E-state index contributed by atoms with van der Waals surface area (Å²) in [4.78, 5) is 12.1. The van der Waals surface area contributed by atoms with Crippen LogP contribution < -0.4 is 10.6 Å². The van der Waals surface area contributed by atoms with Crippen molar-refractivity contribution in [2.75, 3.05) is 19.6 Å². The second kappa shape index (κ2) is 9.16. The van der Waals surface area contributed by atoms with Gasteiger partial charge in [0.25, 0.3) is 0 Å². The number of hydrogen-bond donors (Lipinski definition) is 3. The Morgan fingerprint density at radius 1 is 1.19 bits per heavy atom. The number of H-pyrrole nitrogens is 1. The van der Waals surface area contributed by atoms with Crippen LogP contribution in [0.3, 0.4) is 0 Å². The first-order valence-corrected chi connectivity index (χ1v) is 9.35. The molecule has 0 radical (unpaired) electrons. The number of hydrogen-bond acceptors (Lipinski definition) is 2. The van der Waals surface area contributed by atoms with Gasteiger partial charge in [-0.25, -0.2) is 4.39 Å². The van der Waals surface area contributed by atoms with Crippen LogP contribution in [0.5, 0.6) is 0 Å². The van der Waals surface area contributed by atoms with Crippen molar-refractivity contribution in [3.63, 3.8) is 0 Å². The molecule has 0 aliphatic carbocycles. The average Bonchev–Trinajstić information content (AvgIpc) is 3.05. The molecule has 0 amide bonds. The highest BCUT2D eigenvalue weighted by Crippen LogP contribution is 2.19. The van der Waals surface area contributed by atoms with E-state index in [1.165, 1.54) is 17.7 Å². The molecule has 6 heteroatoms. The Morgan fingerprint density at radius 3 is 2.85 bits per heavy atom. The van der Waals surface area contributed by atoms with Crippen LogP contribution in [0.25, 0.3) is 10.9 Å². The van der Waals surface area contributed by atoms with Crippen LogP contribution >= 0.6 is 0 Å². The predicted octanol–water partition coefficient (Wildman–Crippen LogP) is 3.35. The molecule has 0 unspecified atom stereocenters. The minimum atomic E-state index is -0.226. The van der Waals surface area contributed by atoms with E-state index in [4.69, 9.17) is 0 Å². The van der Waals surface area contributed by atoms with Crippen molar-refractivity contribution in [1.29, 1.82) is 0 Å². The van der Waals surface area contributed by atoms with Crippen molar-refractivity contribution >= 4 is 16.9 Å². The third kappa shape index (κ3) is 5.29. The van der Waals surface area contributed by atoms with E-state index in [1.807, 2.05) is 31.5 Å². The number of guanidine groups is 1. The normalized spacial score (nSPS) is 11.7. The number of pyridine rings is 1. The molecule has 5 nitrogen and oxygen atoms in total. The molecule has 2 heterocycles. The average molecular weight is 367 g/mol. The Labute approximate surface area is 159 Å². The van der Waals surface area contributed by atoms with Crippen LogP contribution in [0.15, 0.2) is 47.7 Å². The Morgan fingerprint density at radius 2 is 2.07 bits per heavy atom. The summed E-state index contributed by atoms with van der Waals surface area (Å²) in [6, 6.07) is 8.97. The van der Waals surface area contributed by atoms with Crippen molar-refractivity contribution in [3.05, 3.63) is 65.4 Å². The highest BCUT2D eigenvalue weighted by molar-refractivity contribution is 5.83. The van der Waals surface area contributed by atoms with Gasteiger partial charge in [0.2, 0.25) is 0 Å². The molecule has 0 bridgehead atoms. The van der Waals surface area contributed by atoms with E-state index in [1.54, 1.807) is 0 Å². The molecular formula is C21H26FN5. The number of aromatic nitrogens is 2. The lowest BCUT2D eigenvalue weighted by Crippen LogP contribution is -2.38. The minimum absolute atomic E-state index is 0.226. The first kappa shape index (κ1) is 18.9. The summed E-state index contributed by atoms with van der Waals surface area (Å²) < 4.78 is 13.3. The molecule has 1 aromatic carbocycles. The Hall–Kier alpha value is -2.89. The zero-order chi connectivity index (χ0) is 19.1.